The molecular formula is C14H28N2O2. The van der Waals surface area contributed by atoms with E-state index in [9.17, 15) is 4.79 Å². The van der Waals surface area contributed by atoms with Gasteiger partial charge in [-0.2, -0.15) is 0 Å². The van der Waals surface area contributed by atoms with Gasteiger partial charge in [0.1, 0.15) is 0 Å². The van der Waals surface area contributed by atoms with Crippen LogP contribution >= 0.6 is 0 Å². The third kappa shape index (κ3) is 3.95. The van der Waals surface area contributed by atoms with Gasteiger partial charge in [0.25, 0.3) is 0 Å². The van der Waals surface area contributed by atoms with E-state index in [0.717, 1.165) is 38.7 Å². The predicted molar refractivity (Wildman–Crippen MR) is 73.3 cm³/mol. The molecule has 1 fully saturated rings. The Hall–Kier alpha value is -0.610. The Labute approximate surface area is 111 Å². The van der Waals surface area contributed by atoms with Gasteiger partial charge >= 0.3 is 0 Å². The fourth-order valence-corrected chi connectivity index (χ4v) is 2.62. The molecule has 0 aromatic rings. The molecule has 106 valence electrons. The topological polar surface area (TPSA) is 64.4 Å². The second-order valence-corrected chi connectivity index (χ2v) is 5.42. The van der Waals surface area contributed by atoms with Gasteiger partial charge in [0.2, 0.25) is 5.91 Å². The van der Waals surface area contributed by atoms with Crippen molar-refractivity contribution in [3.8, 4) is 0 Å². The quantitative estimate of drug-likeness (QED) is 0.762. The normalized spacial score (nSPS) is 24.6. The first-order valence-corrected chi connectivity index (χ1v) is 7.21. The molecule has 4 nitrogen and oxygen atoms in total. The number of amides is 1. The van der Waals surface area contributed by atoms with Crippen molar-refractivity contribution in [3.05, 3.63) is 0 Å². The number of hydrogen-bond donors (Lipinski definition) is 2. The first-order chi connectivity index (χ1) is 8.56. The Kier molecular flexibility index (Phi) is 6.09. The van der Waals surface area contributed by atoms with Crippen LogP contribution in [0.5, 0.6) is 0 Å². The van der Waals surface area contributed by atoms with E-state index < -0.39 is 0 Å². The largest absolute Gasteiger partial charge is 0.375 e. The highest BCUT2D eigenvalue weighted by Crippen LogP contribution is 2.31. The second kappa shape index (κ2) is 7.10. The van der Waals surface area contributed by atoms with E-state index in [1.165, 1.54) is 0 Å². The smallest absolute Gasteiger partial charge is 0.223 e. The summed E-state index contributed by atoms with van der Waals surface area (Å²) in [6.07, 6.45) is 4.62. The van der Waals surface area contributed by atoms with Crippen LogP contribution in [0.4, 0.5) is 0 Å². The Balaban J connectivity index is 2.49. The van der Waals surface area contributed by atoms with Crippen LogP contribution in [0.15, 0.2) is 0 Å². The molecule has 0 radical (unpaired) electrons. The zero-order valence-electron chi connectivity index (χ0n) is 12.0. The van der Waals surface area contributed by atoms with Crippen LogP contribution in [0.2, 0.25) is 0 Å². The summed E-state index contributed by atoms with van der Waals surface area (Å²) in [4.78, 5) is 12.0. The standard InChI is InChI=1S/C14H28N2O2/c1-4-14(5-2)10-12(7-9-18-14)16-13(17)11(3)6-8-15/h11-12H,4-10,15H2,1-3H3,(H,16,17). The molecule has 1 aliphatic rings. The maximum absolute atomic E-state index is 12.0. The molecular weight excluding hydrogens is 228 g/mol. The van der Waals surface area contributed by atoms with E-state index >= 15 is 0 Å². The zero-order chi connectivity index (χ0) is 13.6. The average Bonchev–Trinajstić information content (AvgIpc) is 2.39. The zero-order valence-corrected chi connectivity index (χ0v) is 12.0. The molecule has 1 amide bonds. The Morgan fingerprint density at radius 2 is 2.17 bits per heavy atom. The van der Waals surface area contributed by atoms with Crippen LogP contribution in [0.25, 0.3) is 0 Å². The van der Waals surface area contributed by atoms with Crippen LogP contribution in [0.3, 0.4) is 0 Å². The van der Waals surface area contributed by atoms with Gasteiger partial charge in [0.15, 0.2) is 0 Å². The van der Waals surface area contributed by atoms with Crippen LogP contribution in [-0.4, -0.2) is 30.7 Å². The van der Waals surface area contributed by atoms with E-state index in [1.807, 2.05) is 6.92 Å². The van der Waals surface area contributed by atoms with Gasteiger partial charge in [-0.05, 0) is 38.6 Å². The molecule has 18 heavy (non-hydrogen) atoms. The number of rotatable bonds is 6. The third-order valence-corrected chi connectivity index (χ3v) is 4.18. The van der Waals surface area contributed by atoms with Crippen molar-refractivity contribution < 1.29 is 9.53 Å². The molecule has 1 aliphatic heterocycles. The number of ether oxygens (including phenoxy) is 1. The number of nitrogens with one attached hydrogen (secondary N) is 1. The van der Waals surface area contributed by atoms with E-state index in [1.54, 1.807) is 0 Å². The SMILES string of the molecule is CCC1(CC)CC(NC(=O)C(C)CCN)CCO1. The lowest BCUT2D eigenvalue weighted by Gasteiger charge is -2.40. The summed E-state index contributed by atoms with van der Waals surface area (Å²) in [6.45, 7) is 7.57. The molecule has 0 saturated carbocycles. The molecule has 0 spiro atoms. The van der Waals surface area contributed by atoms with Crippen LogP contribution in [-0.2, 0) is 9.53 Å². The number of carbonyl (C=O) groups is 1. The number of hydrogen-bond acceptors (Lipinski definition) is 3. The molecule has 1 heterocycles. The van der Waals surface area contributed by atoms with Gasteiger partial charge in [0.05, 0.1) is 5.60 Å². The van der Waals surface area contributed by atoms with Crippen molar-refractivity contribution in [1.82, 2.24) is 5.32 Å². The van der Waals surface area contributed by atoms with E-state index in [0.29, 0.717) is 6.54 Å². The molecule has 0 aliphatic carbocycles. The minimum absolute atomic E-state index is 0.00972. The third-order valence-electron chi connectivity index (χ3n) is 4.18. The minimum atomic E-state index is -0.0344. The minimum Gasteiger partial charge on any atom is -0.375 e. The summed E-state index contributed by atoms with van der Waals surface area (Å²) < 4.78 is 5.91. The van der Waals surface area contributed by atoms with Crippen LogP contribution in [0, 0.1) is 5.92 Å². The fourth-order valence-electron chi connectivity index (χ4n) is 2.62. The van der Waals surface area contributed by atoms with Gasteiger partial charge in [-0.25, -0.2) is 0 Å². The van der Waals surface area contributed by atoms with Crippen molar-refractivity contribution in [3.63, 3.8) is 0 Å². The van der Waals surface area contributed by atoms with Crippen molar-refractivity contribution >= 4 is 5.91 Å². The molecule has 1 rings (SSSR count). The molecule has 2 atom stereocenters. The van der Waals surface area contributed by atoms with Crippen molar-refractivity contribution in [2.75, 3.05) is 13.2 Å². The summed E-state index contributed by atoms with van der Waals surface area (Å²) in [5.74, 6) is 0.143. The summed E-state index contributed by atoms with van der Waals surface area (Å²) in [5.41, 5.74) is 5.45. The molecule has 0 bridgehead atoms. The highest BCUT2D eigenvalue weighted by atomic mass is 16.5. The van der Waals surface area contributed by atoms with Crippen molar-refractivity contribution in [2.24, 2.45) is 11.7 Å². The second-order valence-electron chi connectivity index (χ2n) is 5.42. The Morgan fingerprint density at radius 3 is 2.72 bits per heavy atom. The Morgan fingerprint density at radius 1 is 1.50 bits per heavy atom. The van der Waals surface area contributed by atoms with E-state index in [2.05, 4.69) is 19.2 Å². The van der Waals surface area contributed by atoms with Crippen molar-refractivity contribution in [2.45, 2.75) is 64.5 Å². The molecule has 0 aromatic carbocycles. The van der Waals surface area contributed by atoms with Gasteiger partial charge < -0.3 is 15.8 Å². The number of carbonyl (C=O) groups excluding carboxylic acids is 1. The van der Waals surface area contributed by atoms with Crippen LogP contribution < -0.4 is 11.1 Å². The van der Waals surface area contributed by atoms with Gasteiger partial charge in [-0.3, -0.25) is 4.79 Å². The van der Waals surface area contributed by atoms with Crippen molar-refractivity contribution in [1.29, 1.82) is 0 Å². The highest BCUT2D eigenvalue weighted by Gasteiger charge is 2.35. The van der Waals surface area contributed by atoms with Gasteiger partial charge in [-0.1, -0.05) is 20.8 Å². The van der Waals surface area contributed by atoms with Crippen LogP contribution in [0.1, 0.15) is 52.9 Å². The molecule has 0 aromatic heterocycles. The lowest BCUT2D eigenvalue weighted by molar-refractivity contribution is -0.129. The molecule has 3 N–H and O–H groups in total. The maximum Gasteiger partial charge on any atom is 0.223 e. The monoisotopic (exact) mass is 256 g/mol. The molecule has 4 heteroatoms. The summed E-state index contributed by atoms with van der Waals surface area (Å²) >= 11 is 0. The molecule has 2 unspecified atom stereocenters. The number of nitrogens with two attached hydrogens (primary N) is 1. The first-order valence-electron chi connectivity index (χ1n) is 7.21. The van der Waals surface area contributed by atoms with E-state index in [-0.39, 0.29) is 23.5 Å². The fraction of sp³-hybridized carbons (Fsp3) is 0.929. The van der Waals surface area contributed by atoms with Gasteiger partial charge in [0, 0.05) is 18.6 Å². The predicted octanol–water partition coefficient (Wildman–Crippen LogP) is 1.83. The summed E-state index contributed by atoms with van der Waals surface area (Å²) in [7, 11) is 0. The van der Waals surface area contributed by atoms with Gasteiger partial charge in [-0.15, -0.1) is 0 Å². The lowest BCUT2D eigenvalue weighted by Crippen LogP contribution is -2.49. The average molecular weight is 256 g/mol. The summed E-state index contributed by atoms with van der Waals surface area (Å²) in [6, 6.07) is 0.256. The highest BCUT2D eigenvalue weighted by molar-refractivity contribution is 5.78. The maximum atomic E-state index is 12.0. The van der Waals surface area contributed by atoms with E-state index in [4.69, 9.17) is 10.5 Å². The lowest BCUT2D eigenvalue weighted by atomic mass is 9.85. The Bertz CT molecular complexity index is 265. The first kappa shape index (κ1) is 15.4. The molecule has 1 saturated heterocycles. The summed E-state index contributed by atoms with van der Waals surface area (Å²) in [5, 5.41) is 3.15.